The van der Waals surface area contributed by atoms with E-state index in [1.165, 1.54) is 23.3 Å². The summed E-state index contributed by atoms with van der Waals surface area (Å²) in [7, 11) is 1.93. The van der Waals surface area contributed by atoms with Gasteiger partial charge in [0, 0.05) is 29.8 Å². The summed E-state index contributed by atoms with van der Waals surface area (Å²) in [5.41, 5.74) is 3.17. The van der Waals surface area contributed by atoms with Crippen molar-refractivity contribution in [3.63, 3.8) is 0 Å². The Bertz CT molecular complexity index is 655. The second kappa shape index (κ2) is 7.15. The van der Waals surface area contributed by atoms with Crippen LogP contribution in [0.4, 0.5) is 11.4 Å². The second-order valence-corrected chi connectivity index (χ2v) is 7.05. The number of aryl methyl sites for hydroxylation is 2. The predicted octanol–water partition coefficient (Wildman–Crippen LogP) is 3.31. The van der Waals surface area contributed by atoms with Gasteiger partial charge in [-0.2, -0.15) is 0 Å². The van der Waals surface area contributed by atoms with E-state index in [4.69, 9.17) is 5.11 Å². The molecule has 0 radical (unpaired) electrons. The molecule has 2 aromatic rings. The van der Waals surface area contributed by atoms with Crippen molar-refractivity contribution in [2.75, 3.05) is 30.4 Å². The number of carbonyl (C=O) groups excluding carboxylic acids is 1. The van der Waals surface area contributed by atoms with E-state index in [9.17, 15) is 4.79 Å². The molecule has 1 heterocycles. The molecule has 0 spiro atoms. The number of anilines is 2. The zero-order chi connectivity index (χ0) is 16.2. The lowest BCUT2D eigenvalue weighted by molar-refractivity contribution is 0.103. The summed E-state index contributed by atoms with van der Waals surface area (Å²) in [6, 6.07) is 9.75. The monoisotopic (exact) mass is 330 g/mol. The van der Waals surface area contributed by atoms with E-state index in [-0.39, 0.29) is 12.5 Å². The molecular weight excluding hydrogens is 308 g/mol. The number of thiophene rings is 1. The molecule has 2 N–H and O–H groups in total. The molecule has 0 saturated heterocycles. The van der Waals surface area contributed by atoms with Gasteiger partial charge in [-0.05, 0) is 61.6 Å². The lowest BCUT2D eigenvalue weighted by Gasteiger charge is -2.18. The first-order valence-corrected chi connectivity index (χ1v) is 8.84. The van der Waals surface area contributed by atoms with Crippen molar-refractivity contribution in [3.05, 3.63) is 45.6 Å². The van der Waals surface area contributed by atoms with Crippen LogP contribution in [-0.4, -0.2) is 31.2 Å². The van der Waals surface area contributed by atoms with Crippen molar-refractivity contribution in [1.29, 1.82) is 0 Å². The van der Waals surface area contributed by atoms with Gasteiger partial charge in [-0.15, -0.1) is 11.3 Å². The number of fused-ring (bicyclic) bond motifs is 1. The highest BCUT2D eigenvalue weighted by atomic mass is 32.1. The Hall–Kier alpha value is -1.85. The van der Waals surface area contributed by atoms with Gasteiger partial charge in [0.25, 0.3) is 5.91 Å². The van der Waals surface area contributed by atoms with Crippen LogP contribution in [0.3, 0.4) is 0 Å². The van der Waals surface area contributed by atoms with Crippen LogP contribution in [0.1, 0.15) is 33.0 Å². The molecule has 0 unspecified atom stereocenters. The first kappa shape index (κ1) is 16.0. The van der Waals surface area contributed by atoms with Gasteiger partial charge in [-0.1, -0.05) is 0 Å². The molecule has 4 nitrogen and oxygen atoms in total. The van der Waals surface area contributed by atoms with Gasteiger partial charge in [0.2, 0.25) is 0 Å². The Balaban J connectivity index is 1.66. The number of hydrogen-bond acceptors (Lipinski definition) is 4. The third-order valence-corrected chi connectivity index (χ3v) is 5.46. The van der Waals surface area contributed by atoms with Crippen molar-refractivity contribution < 1.29 is 9.90 Å². The fraction of sp³-hybridized carbons (Fsp3) is 0.389. The largest absolute Gasteiger partial charge is 0.395 e. The number of amides is 1. The highest BCUT2D eigenvalue weighted by Crippen LogP contribution is 2.30. The van der Waals surface area contributed by atoms with Crippen LogP contribution in [0, 0.1) is 0 Å². The molecule has 1 aromatic heterocycles. The van der Waals surface area contributed by atoms with Crippen LogP contribution >= 0.6 is 11.3 Å². The molecule has 0 saturated carbocycles. The highest BCUT2D eigenvalue weighted by molar-refractivity contribution is 7.14. The van der Waals surface area contributed by atoms with E-state index in [0.29, 0.717) is 6.54 Å². The predicted molar refractivity (Wildman–Crippen MR) is 95.7 cm³/mol. The summed E-state index contributed by atoms with van der Waals surface area (Å²) < 4.78 is 0. The van der Waals surface area contributed by atoms with Crippen LogP contribution in [0.15, 0.2) is 30.3 Å². The molecule has 122 valence electrons. The number of aliphatic hydroxyl groups is 1. The smallest absolute Gasteiger partial charge is 0.265 e. The third kappa shape index (κ3) is 3.74. The lowest BCUT2D eigenvalue weighted by atomic mass is 9.99. The minimum atomic E-state index is -0.0270. The van der Waals surface area contributed by atoms with Gasteiger partial charge in [-0.3, -0.25) is 4.79 Å². The number of aliphatic hydroxyl groups excluding tert-OH is 1. The minimum absolute atomic E-state index is 0.0270. The van der Waals surface area contributed by atoms with Gasteiger partial charge in [-0.25, -0.2) is 0 Å². The summed E-state index contributed by atoms with van der Waals surface area (Å²) in [6.07, 6.45) is 4.68. The Morgan fingerprint density at radius 2 is 2.00 bits per heavy atom. The van der Waals surface area contributed by atoms with Crippen molar-refractivity contribution in [2.45, 2.75) is 25.7 Å². The number of benzene rings is 1. The molecule has 0 atom stereocenters. The molecule has 5 heteroatoms. The lowest BCUT2D eigenvalue weighted by Crippen LogP contribution is -2.21. The van der Waals surface area contributed by atoms with Crippen LogP contribution in [0.2, 0.25) is 0 Å². The summed E-state index contributed by atoms with van der Waals surface area (Å²) in [4.78, 5) is 16.6. The normalized spacial score (nSPS) is 13.5. The molecule has 0 fully saturated rings. The van der Waals surface area contributed by atoms with Crippen molar-refractivity contribution in [2.24, 2.45) is 0 Å². The van der Waals surface area contributed by atoms with Crippen LogP contribution < -0.4 is 10.2 Å². The topological polar surface area (TPSA) is 52.6 Å². The van der Waals surface area contributed by atoms with E-state index >= 15 is 0 Å². The van der Waals surface area contributed by atoms with E-state index in [0.717, 1.165) is 29.1 Å². The standard InChI is InChI=1S/C18H22N2O2S/c1-20(10-11-21)15-8-6-14(7-9-15)19-18(22)17-12-13-4-2-3-5-16(13)23-17/h6-9,12,21H,2-5,10-11H2,1H3,(H,19,22). The van der Waals surface area contributed by atoms with Crippen molar-refractivity contribution in [1.82, 2.24) is 0 Å². The SMILES string of the molecule is CN(CCO)c1ccc(NC(=O)c2cc3c(s2)CCCC3)cc1. The van der Waals surface area contributed by atoms with Crippen LogP contribution in [-0.2, 0) is 12.8 Å². The van der Waals surface area contributed by atoms with E-state index < -0.39 is 0 Å². The average molecular weight is 330 g/mol. The number of likely N-dealkylation sites (N-methyl/N-ethyl adjacent to an activating group) is 1. The molecule has 3 rings (SSSR count). The van der Waals surface area contributed by atoms with Crippen molar-refractivity contribution >= 4 is 28.6 Å². The maximum Gasteiger partial charge on any atom is 0.265 e. The molecular formula is C18H22N2O2S. The highest BCUT2D eigenvalue weighted by Gasteiger charge is 2.17. The fourth-order valence-corrected chi connectivity index (χ4v) is 4.02. The van der Waals surface area contributed by atoms with Gasteiger partial charge < -0.3 is 15.3 Å². The number of nitrogens with zero attached hydrogens (tertiary/aromatic N) is 1. The summed E-state index contributed by atoms with van der Waals surface area (Å²) in [6.45, 7) is 0.713. The molecule has 1 aromatic carbocycles. The Morgan fingerprint density at radius 3 is 2.70 bits per heavy atom. The maximum absolute atomic E-state index is 12.4. The second-order valence-electron chi connectivity index (χ2n) is 5.91. The van der Waals surface area contributed by atoms with E-state index in [1.807, 2.05) is 36.2 Å². The van der Waals surface area contributed by atoms with Gasteiger partial charge in [0.15, 0.2) is 0 Å². The Kier molecular flexibility index (Phi) is 4.98. The fourth-order valence-electron chi connectivity index (χ4n) is 2.87. The van der Waals surface area contributed by atoms with Crippen LogP contribution in [0.25, 0.3) is 0 Å². The van der Waals surface area contributed by atoms with Gasteiger partial charge in [0.05, 0.1) is 11.5 Å². The maximum atomic E-state index is 12.4. The molecule has 23 heavy (non-hydrogen) atoms. The Labute approximate surface area is 140 Å². The van der Waals surface area contributed by atoms with Gasteiger partial charge >= 0.3 is 0 Å². The first-order chi connectivity index (χ1) is 11.2. The molecule has 1 aliphatic carbocycles. The first-order valence-electron chi connectivity index (χ1n) is 8.02. The van der Waals surface area contributed by atoms with E-state index in [2.05, 4.69) is 11.4 Å². The minimum Gasteiger partial charge on any atom is -0.395 e. The van der Waals surface area contributed by atoms with E-state index in [1.54, 1.807) is 11.3 Å². The Morgan fingerprint density at radius 1 is 1.26 bits per heavy atom. The number of carbonyl (C=O) groups is 1. The quantitative estimate of drug-likeness (QED) is 0.884. The number of nitrogens with one attached hydrogen (secondary N) is 1. The third-order valence-electron chi connectivity index (χ3n) is 4.22. The molecule has 0 bridgehead atoms. The zero-order valence-corrected chi connectivity index (χ0v) is 14.2. The number of rotatable bonds is 5. The summed E-state index contributed by atoms with van der Waals surface area (Å²) >= 11 is 1.63. The molecule has 0 aliphatic heterocycles. The average Bonchev–Trinajstić information content (AvgIpc) is 3.00. The summed E-state index contributed by atoms with van der Waals surface area (Å²) in [5, 5.41) is 11.9. The molecule has 1 aliphatic rings. The molecule has 1 amide bonds. The number of hydrogen-bond donors (Lipinski definition) is 2. The van der Waals surface area contributed by atoms with Crippen molar-refractivity contribution in [3.8, 4) is 0 Å². The van der Waals surface area contributed by atoms with Gasteiger partial charge in [0.1, 0.15) is 0 Å². The van der Waals surface area contributed by atoms with Crippen LogP contribution in [0.5, 0.6) is 0 Å². The summed E-state index contributed by atoms with van der Waals surface area (Å²) in [5.74, 6) is -0.0270. The zero-order valence-electron chi connectivity index (χ0n) is 13.3.